The second kappa shape index (κ2) is 14.9. The van der Waals surface area contributed by atoms with Crippen molar-refractivity contribution in [3.8, 4) is 0 Å². The van der Waals surface area contributed by atoms with Crippen molar-refractivity contribution in [3.63, 3.8) is 0 Å². The largest absolute Gasteiger partial charge is 0.479 e. The second-order valence-corrected chi connectivity index (χ2v) is 3.90. The Kier molecular flexibility index (Phi) is 19.2. The van der Waals surface area contributed by atoms with Crippen LogP contribution in [0.15, 0.2) is 0 Å². The van der Waals surface area contributed by atoms with Crippen molar-refractivity contribution in [2.75, 3.05) is 13.2 Å². The van der Waals surface area contributed by atoms with E-state index in [1.807, 2.05) is 13.8 Å². The maximum Gasteiger partial charge on any atom is 0.335 e. The van der Waals surface area contributed by atoms with Crippen LogP contribution in [0.25, 0.3) is 0 Å². The molecule has 0 aliphatic carbocycles. The number of hydrogen-bond acceptors (Lipinski definition) is 6. The predicted molar refractivity (Wildman–Crippen MR) is 66.4 cm³/mol. The van der Waals surface area contributed by atoms with Gasteiger partial charge in [-0.05, 0) is 12.8 Å². The average Bonchev–Trinajstić information content (AvgIpc) is 2.97. The molecule has 2 rings (SSSR count). The molecule has 1 unspecified atom stereocenters. The molecule has 0 amide bonds. The van der Waals surface area contributed by atoms with E-state index in [1.54, 1.807) is 0 Å². The fourth-order valence-corrected chi connectivity index (χ4v) is 1.46. The Morgan fingerprint density at radius 2 is 1.57 bits per heavy atom. The molecule has 2 N–H and O–H groups in total. The number of carboxylic acid groups (broad SMARTS) is 1. The van der Waals surface area contributed by atoms with Gasteiger partial charge in [-0.2, -0.15) is 0 Å². The minimum absolute atomic E-state index is 0. The van der Waals surface area contributed by atoms with Gasteiger partial charge >= 0.3 is 5.97 Å². The molecular weight excluding hydrogens is 534 g/mol. The molecule has 0 aromatic heterocycles. The van der Waals surface area contributed by atoms with E-state index in [0.717, 1.165) is 6.42 Å². The van der Waals surface area contributed by atoms with Gasteiger partial charge in [0.05, 0.1) is 6.61 Å². The van der Waals surface area contributed by atoms with Gasteiger partial charge in [0.2, 0.25) is 0 Å². The van der Waals surface area contributed by atoms with Gasteiger partial charge in [0.1, 0.15) is 6.61 Å². The zero-order valence-corrected chi connectivity index (χ0v) is 17.7. The summed E-state index contributed by atoms with van der Waals surface area (Å²) >= 11 is 0. The first-order chi connectivity index (χ1) is 8.56. The van der Waals surface area contributed by atoms with Crippen LogP contribution in [0.5, 0.6) is 0 Å². The van der Waals surface area contributed by atoms with Gasteiger partial charge < -0.3 is 29.2 Å². The summed E-state index contributed by atoms with van der Waals surface area (Å²) in [5.41, 5.74) is 0. The molecule has 0 bridgehead atoms. The number of carboxylic acids is 1. The maximum absolute atomic E-state index is 10.3. The van der Waals surface area contributed by atoms with Crippen molar-refractivity contribution in [3.05, 3.63) is 0 Å². The number of aliphatic hydroxyl groups is 1. The molecule has 0 aromatic carbocycles. The van der Waals surface area contributed by atoms with E-state index in [-0.39, 0.29) is 89.2 Å². The van der Waals surface area contributed by atoms with Crippen molar-refractivity contribution in [2.24, 2.45) is 0 Å². The van der Waals surface area contributed by atoms with Gasteiger partial charge in [-0.25, -0.2) is 4.79 Å². The Morgan fingerprint density at radius 1 is 1.10 bits per heavy atom. The van der Waals surface area contributed by atoms with E-state index >= 15 is 0 Å². The average molecular weight is 558 g/mol. The topological polar surface area (TPSA) is 94.5 Å². The van der Waals surface area contributed by atoms with E-state index in [1.165, 1.54) is 0 Å². The molecule has 0 saturated carbocycles. The van der Waals surface area contributed by atoms with Crippen LogP contribution >= 0.6 is 0 Å². The van der Waals surface area contributed by atoms with Crippen LogP contribution in [-0.4, -0.2) is 54.4 Å². The summed E-state index contributed by atoms with van der Waals surface area (Å²) in [4.78, 5) is 10.3. The van der Waals surface area contributed by atoms with Gasteiger partial charge in [-0.3, -0.25) is 0 Å². The second-order valence-electron chi connectivity index (χ2n) is 3.90. The third kappa shape index (κ3) is 10.6. The van der Waals surface area contributed by atoms with Gasteiger partial charge in [0, 0.05) is 62.6 Å². The minimum Gasteiger partial charge on any atom is -0.479 e. The summed E-state index contributed by atoms with van der Waals surface area (Å²) in [5.74, 6) is -0.948. The third-order valence-corrected chi connectivity index (χ3v) is 2.43. The van der Waals surface area contributed by atoms with Crippen molar-refractivity contribution in [1.29, 1.82) is 0 Å². The van der Waals surface area contributed by atoms with Crippen LogP contribution in [0.1, 0.15) is 34.1 Å². The zero-order valence-electron chi connectivity index (χ0n) is 11.6. The maximum atomic E-state index is 10.3. The molecule has 2 aliphatic rings. The van der Waals surface area contributed by atoms with Crippen molar-refractivity contribution >= 4 is 5.97 Å². The van der Waals surface area contributed by atoms with Crippen LogP contribution < -0.4 is 0 Å². The van der Waals surface area contributed by atoms with Gasteiger partial charge in [-0.1, -0.05) is 21.3 Å². The molecule has 4 atom stereocenters. The number of hydrogen-bond donors (Lipinski definition) is 2. The van der Waals surface area contributed by atoms with Crippen LogP contribution in [0.2, 0.25) is 0 Å². The van der Waals surface area contributed by atoms with E-state index in [2.05, 4.69) is 0 Å². The third-order valence-electron chi connectivity index (χ3n) is 2.43. The van der Waals surface area contributed by atoms with Gasteiger partial charge in [0.15, 0.2) is 25.0 Å². The molecule has 2 heterocycles. The Balaban J connectivity index is -0.000000274. The van der Waals surface area contributed by atoms with Crippen LogP contribution in [-0.2, 0) is 42.3 Å². The van der Waals surface area contributed by atoms with Crippen molar-refractivity contribution in [2.45, 2.75) is 59.1 Å². The summed E-state index contributed by atoms with van der Waals surface area (Å²) in [5, 5.41) is 17.1. The summed E-state index contributed by atoms with van der Waals surface area (Å²) in [6.45, 7) is 4.32. The molecule has 0 spiro atoms. The SMILES string of the molecule is C.CC[C@@H]1OCC(O)O1.CC[C@@H]1OC[C@H](C(=O)O)O1.[Ac].[V]. The number of ether oxygens (including phenoxy) is 4. The Labute approximate surface area is 173 Å². The molecule has 7 nitrogen and oxygen atoms in total. The molecule has 2 radical (unpaired) electrons. The van der Waals surface area contributed by atoms with E-state index in [9.17, 15) is 4.79 Å². The fraction of sp³-hybridized carbons (Fsp3) is 0.917. The summed E-state index contributed by atoms with van der Waals surface area (Å²) in [6, 6.07) is 0. The van der Waals surface area contributed by atoms with Crippen molar-refractivity contribution < 1.29 is 96.6 Å². The van der Waals surface area contributed by atoms with Gasteiger partial charge in [0.25, 0.3) is 0 Å². The zero-order chi connectivity index (χ0) is 13.5. The molecule has 122 valence electrons. The number of aliphatic carboxylic acids is 1. The Morgan fingerprint density at radius 3 is 1.81 bits per heavy atom. The predicted octanol–water partition coefficient (Wildman–Crippen LogP) is 0.944. The summed E-state index contributed by atoms with van der Waals surface area (Å²) in [6.07, 6.45) is -0.447. The Bertz CT molecular complexity index is 270. The van der Waals surface area contributed by atoms with Crippen LogP contribution in [0.4, 0.5) is 0 Å². The quantitative estimate of drug-likeness (QED) is 0.533. The number of rotatable bonds is 3. The van der Waals surface area contributed by atoms with Crippen molar-refractivity contribution in [1.82, 2.24) is 0 Å². The fourth-order valence-electron chi connectivity index (χ4n) is 1.46. The van der Waals surface area contributed by atoms with E-state index < -0.39 is 18.4 Å². The number of carbonyl (C=O) groups is 1. The van der Waals surface area contributed by atoms with Gasteiger partial charge in [-0.15, -0.1) is 0 Å². The first-order valence-electron chi connectivity index (χ1n) is 6.01. The van der Waals surface area contributed by atoms with E-state index in [0.29, 0.717) is 13.0 Å². The van der Waals surface area contributed by atoms with Crippen LogP contribution in [0, 0.1) is 44.1 Å². The Hall–Kier alpha value is 1.30. The summed E-state index contributed by atoms with van der Waals surface area (Å²) in [7, 11) is 0. The molecule has 2 fully saturated rings. The molecule has 9 heteroatoms. The minimum atomic E-state index is -0.948. The smallest absolute Gasteiger partial charge is 0.335 e. The normalized spacial score (nSPS) is 30.0. The molecule has 0 aromatic rings. The standard InChI is InChI=1S/C6H10O4.C5H10O3.CH4.Ac.V/c1-2-5-9-3-4(10-5)6(7)8;1-2-5-7-3-4(6)8-5;;;/h4-5H,2-3H2,1H3,(H,7,8);4-6H,2-3H2,1H3;1H4;;/t4-,5-;4?,5-;;;/m11.../s1. The molecule has 2 aliphatic heterocycles. The molecule has 21 heavy (non-hydrogen) atoms. The molecule has 2 saturated heterocycles. The van der Waals surface area contributed by atoms with E-state index in [4.69, 9.17) is 29.2 Å². The van der Waals surface area contributed by atoms with Crippen LogP contribution in [0.3, 0.4) is 0 Å². The first-order valence-corrected chi connectivity index (χ1v) is 6.01. The summed E-state index contributed by atoms with van der Waals surface area (Å²) < 4.78 is 19.7. The first kappa shape index (κ1) is 27.2. The monoisotopic (exact) mass is 558 g/mol. The number of aliphatic hydroxyl groups excluding tert-OH is 1. The molecular formula is C12H24AcO7V.